The van der Waals surface area contributed by atoms with E-state index in [1.807, 2.05) is 11.3 Å². The summed E-state index contributed by atoms with van der Waals surface area (Å²) < 4.78 is 0. The Morgan fingerprint density at radius 2 is 2.10 bits per heavy atom. The molecule has 1 aliphatic heterocycles. The predicted molar refractivity (Wildman–Crippen MR) is 86.7 cm³/mol. The number of nitrogens with one attached hydrogen (secondary N) is 1. The average Bonchev–Trinajstić information content (AvgIpc) is 3.10. The maximum absolute atomic E-state index is 4.99. The van der Waals surface area contributed by atoms with Gasteiger partial charge in [-0.1, -0.05) is 27.7 Å². The summed E-state index contributed by atoms with van der Waals surface area (Å²) in [5.41, 5.74) is 1.31. The first kappa shape index (κ1) is 14.3. The number of hydrogen-bond donors (Lipinski definition) is 1. The highest BCUT2D eigenvalue weighted by Crippen LogP contribution is 2.42. The average molecular weight is 293 g/mol. The van der Waals surface area contributed by atoms with Crippen molar-refractivity contribution in [3.63, 3.8) is 0 Å². The zero-order chi connectivity index (χ0) is 14.3. The molecule has 2 atom stereocenters. The lowest BCUT2D eigenvalue weighted by atomic mass is 10.1. The van der Waals surface area contributed by atoms with Crippen LogP contribution in [0.15, 0.2) is 0 Å². The number of fused-ring (bicyclic) bond motifs is 2. The first-order chi connectivity index (χ1) is 9.54. The van der Waals surface area contributed by atoms with Gasteiger partial charge in [0, 0.05) is 30.1 Å². The van der Waals surface area contributed by atoms with Crippen LogP contribution in [0.4, 0.5) is 5.13 Å². The third-order valence-electron chi connectivity index (χ3n) is 4.59. The van der Waals surface area contributed by atoms with Crippen LogP contribution in [0, 0.1) is 5.92 Å². The molecule has 2 unspecified atom stereocenters. The summed E-state index contributed by atoms with van der Waals surface area (Å²) in [5, 5.41) is 4.83. The molecule has 112 valence electrons. The van der Waals surface area contributed by atoms with Crippen molar-refractivity contribution in [2.75, 3.05) is 11.4 Å². The van der Waals surface area contributed by atoms with E-state index in [2.05, 4.69) is 37.9 Å². The van der Waals surface area contributed by atoms with Gasteiger partial charge in [-0.15, -0.1) is 11.3 Å². The first-order valence-electron chi connectivity index (χ1n) is 8.04. The Kier molecular flexibility index (Phi) is 4.04. The van der Waals surface area contributed by atoms with Crippen molar-refractivity contribution in [3.05, 3.63) is 10.6 Å². The van der Waals surface area contributed by atoms with Gasteiger partial charge in [0.15, 0.2) is 5.13 Å². The molecule has 3 nitrogen and oxygen atoms in total. The molecule has 1 saturated carbocycles. The summed E-state index contributed by atoms with van der Waals surface area (Å²) >= 11 is 1.92. The number of anilines is 1. The number of aromatic nitrogens is 1. The summed E-state index contributed by atoms with van der Waals surface area (Å²) in [7, 11) is 0. The van der Waals surface area contributed by atoms with Gasteiger partial charge in [0.2, 0.25) is 0 Å². The van der Waals surface area contributed by atoms with Crippen LogP contribution in [0.3, 0.4) is 0 Å². The van der Waals surface area contributed by atoms with Gasteiger partial charge in [-0.3, -0.25) is 0 Å². The molecule has 0 spiro atoms. The minimum absolute atomic E-state index is 0.517. The minimum atomic E-state index is 0.517. The second kappa shape index (κ2) is 5.64. The Hall–Kier alpha value is -0.610. The van der Waals surface area contributed by atoms with E-state index < -0.39 is 0 Å². The van der Waals surface area contributed by atoms with Crippen molar-refractivity contribution >= 4 is 16.5 Å². The standard InChI is InChI=1S/C16H27N3S/c1-10(2)15-14(8-17-11(3)4)20-16(18-15)19-9-12-5-6-13(19)7-12/h10-13,17H,5-9H2,1-4H3. The molecule has 1 N–H and O–H groups in total. The van der Waals surface area contributed by atoms with Gasteiger partial charge < -0.3 is 10.2 Å². The smallest absolute Gasteiger partial charge is 0.186 e. The van der Waals surface area contributed by atoms with E-state index in [0.29, 0.717) is 12.0 Å². The second-order valence-electron chi connectivity index (χ2n) is 6.98. The Morgan fingerprint density at radius 3 is 2.65 bits per heavy atom. The number of thiazole rings is 1. The maximum atomic E-state index is 4.99. The normalized spacial score (nSPS) is 25.4. The maximum Gasteiger partial charge on any atom is 0.186 e. The van der Waals surface area contributed by atoms with Gasteiger partial charge in [0.05, 0.1) is 5.69 Å². The molecule has 0 radical (unpaired) electrons. The highest BCUT2D eigenvalue weighted by Gasteiger charge is 2.39. The molecular weight excluding hydrogens is 266 g/mol. The van der Waals surface area contributed by atoms with Crippen molar-refractivity contribution in [3.8, 4) is 0 Å². The highest BCUT2D eigenvalue weighted by atomic mass is 32.1. The van der Waals surface area contributed by atoms with Gasteiger partial charge >= 0.3 is 0 Å². The molecule has 3 rings (SSSR count). The predicted octanol–water partition coefficient (Wildman–Crippen LogP) is 3.75. The van der Waals surface area contributed by atoms with Gasteiger partial charge in [-0.2, -0.15) is 0 Å². The summed E-state index contributed by atoms with van der Waals surface area (Å²) in [5.74, 6) is 1.45. The third kappa shape index (κ3) is 2.73. The lowest BCUT2D eigenvalue weighted by molar-refractivity contribution is 0.552. The van der Waals surface area contributed by atoms with Crippen LogP contribution in [0.25, 0.3) is 0 Å². The zero-order valence-electron chi connectivity index (χ0n) is 13.1. The molecule has 2 bridgehead atoms. The lowest BCUT2D eigenvalue weighted by Gasteiger charge is -2.26. The van der Waals surface area contributed by atoms with Crippen molar-refractivity contribution in [1.82, 2.24) is 10.3 Å². The number of rotatable bonds is 5. The molecular formula is C16H27N3S. The minimum Gasteiger partial charge on any atom is -0.345 e. The number of hydrogen-bond acceptors (Lipinski definition) is 4. The van der Waals surface area contributed by atoms with Gasteiger partial charge in [-0.25, -0.2) is 4.98 Å². The van der Waals surface area contributed by atoms with Crippen LogP contribution in [0.5, 0.6) is 0 Å². The molecule has 0 aromatic carbocycles. The summed E-state index contributed by atoms with van der Waals surface area (Å²) in [6.45, 7) is 11.1. The largest absolute Gasteiger partial charge is 0.345 e. The molecule has 1 aromatic heterocycles. The Labute approximate surface area is 126 Å². The van der Waals surface area contributed by atoms with Gasteiger partial charge in [0.25, 0.3) is 0 Å². The zero-order valence-corrected chi connectivity index (χ0v) is 14.0. The van der Waals surface area contributed by atoms with Crippen LogP contribution in [0.1, 0.15) is 63.4 Å². The van der Waals surface area contributed by atoms with Crippen LogP contribution >= 0.6 is 11.3 Å². The molecule has 1 aromatic rings. The van der Waals surface area contributed by atoms with Crippen molar-refractivity contribution in [2.45, 2.75) is 71.5 Å². The van der Waals surface area contributed by atoms with E-state index >= 15 is 0 Å². The number of piperidine rings is 1. The van der Waals surface area contributed by atoms with Crippen LogP contribution < -0.4 is 10.2 Å². The summed E-state index contributed by atoms with van der Waals surface area (Å²) in [6.07, 6.45) is 4.21. The molecule has 1 aliphatic carbocycles. The quantitative estimate of drug-likeness (QED) is 0.896. The Morgan fingerprint density at radius 1 is 1.30 bits per heavy atom. The lowest BCUT2D eigenvalue weighted by Crippen LogP contribution is -2.31. The van der Waals surface area contributed by atoms with E-state index in [9.17, 15) is 0 Å². The monoisotopic (exact) mass is 293 g/mol. The van der Waals surface area contributed by atoms with E-state index in [1.165, 1.54) is 41.5 Å². The molecule has 20 heavy (non-hydrogen) atoms. The Bertz CT molecular complexity index is 466. The summed E-state index contributed by atoms with van der Waals surface area (Å²) in [6, 6.07) is 1.31. The van der Waals surface area contributed by atoms with E-state index in [1.54, 1.807) is 0 Å². The van der Waals surface area contributed by atoms with E-state index in [0.717, 1.165) is 18.5 Å². The molecule has 2 fully saturated rings. The molecule has 2 aliphatic rings. The van der Waals surface area contributed by atoms with Gasteiger partial charge in [0.1, 0.15) is 0 Å². The molecule has 0 amide bonds. The molecule has 4 heteroatoms. The van der Waals surface area contributed by atoms with E-state index in [4.69, 9.17) is 4.98 Å². The topological polar surface area (TPSA) is 28.2 Å². The van der Waals surface area contributed by atoms with Crippen LogP contribution in [-0.2, 0) is 6.54 Å². The second-order valence-corrected chi connectivity index (χ2v) is 8.04. The van der Waals surface area contributed by atoms with Crippen LogP contribution in [-0.4, -0.2) is 23.6 Å². The summed E-state index contributed by atoms with van der Waals surface area (Å²) in [4.78, 5) is 9.02. The fraction of sp³-hybridized carbons (Fsp3) is 0.812. The fourth-order valence-electron chi connectivity index (χ4n) is 3.51. The third-order valence-corrected chi connectivity index (χ3v) is 5.70. The van der Waals surface area contributed by atoms with Crippen LogP contribution in [0.2, 0.25) is 0 Å². The Balaban J connectivity index is 1.80. The van der Waals surface area contributed by atoms with Crippen molar-refractivity contribution < 1.29 is 0 Å². The SMILES string of the molecule is CC(C)NCc1sc(N2CC3CCC2C3)nc1C(C)C. The van der Waals surface area contributed by atoms with E-state index in [-0.39, 0.29) is 0 Å². The van der Waals surface area contributed by atoms with Gasteiger partial charge in [-0.05, 0) is 31.1 Å². The fourth-order valence-corrected chi connectivity index (χ4v) is 4.75. The van der Waals surface area contributed by atoms with Crippen molar-refractivity contribution in [1.29, 1.82) is 0 Å². The number of nitrogens with zero attached hydrogens (tertiary/aromatic N) is 2. The molecule has 1 saturated heterocycles. The van der Waals surface area contributed by atoms with Crippen molar-refractivity contribution in [2.24, 2.45) is 5.92 Å². The highest BCUT2D eigenvalue weighted by molar-refractivity contribution is 7.15. The first-order valence-corrected chi connectivity index (χ1v) is 8.86. The molecule has 2 heterocycles.